The fourth-order valence-electron chi connectivity index (χ4n) is 1.41. The van der Waals surface area contributed by atoms with Crippen LogP contribution < -0.4 is 5.73 Å². The smallest absolute Gasteiger partial charge is 0.227 e. The number of nitrogen functional groups attached to an aromatic ring is 1. The maximum atomic E-state index is 11.7. The summed E-state index contributed by atoms with van der Waals surface area (Å²) in [6, 6.07) is 8.67. The molecule has 0 saturated heterocycles. The largest absolute Gasteiger partial charge is 0.399 e. The minimum atomic E-state index is -3.49. The molecule has 0 aliphatic rings. The first kappa shape index (κ1) is 13.5. The average Bonchev–Trinajstić information content (AvgIpc) is 2.28. The van der Waals surface area contributed by atoms with Crippen LogP contribution in [0.4, 0.5) is 5.69 Å². The molecule has 0 amide bonds. The third-order valence-corrected chi connectivity index (χ3v) is 4.00. The molecule has 0 aliphatic carbocycles. The number of hydrogen-bond donors (Lipinski definition) is 1. The van der Waals surface area contributed by atoms with Crippen molar-refractivity contribution in [2.45, 2.75) is 13.5 Å². The van der Waals surface area contributed by atoms with Gasteiger partial charge in [0, 0.05) is 18.8 Å². The van der Waals surface area contributed by atoms with Gasteiger partial charge < -0.3 is 5.73 Å². The molecule has 17 heavy (non-hydrogen) atoms. The lowest BCUT2D eigenvalue weighted by atomic mass is 10.2. The number of hydrogen-bond acceptors (Lipinski definition) is 4. The van der Waals surface area contributed by atoms with Crippen LogP contribution in [0.15, 0.2) is 24.3 Å². The Balaban J connectivity index is 2.84. The quantitative estimate of drug-likeness (QED) is 0.791. The predicted octanol–water partition coefficient (Wildman–Crippen LogP) is 0.944. The third-order valence-electron chi connectivity index (χ3n) is 2.33. The minimum absolute atomic E-state index is 0.265. The molecule has 0 unspecified atom stereocenters. The average molecular weight is 253 g/mol. The Morgan fingerprint density at radius 3 is 2.41 bits per heavy atom. The predicted molar refractivity (Wildman–Crippen MR) is 66.3 cm³/mol. The number of anilines is 1. The van der Waals surface area contributed by atoms with Crippen LogP contribution >= 0.6 is 0 Å². The van der Waals surface area contributed by atoms with Crippen LogP contribution in [0, 0.1) is 11.3 Å². The molecule has 92 valence electrons. The molecule has 0 saturated carbocycles. The van der Waals surface area contributed by atoms with Crippen LogP contribution in [0.1, 0.15) is 12.5 Å². The fourth-order valence-corrected chi connectivity index (χ4v) is 2.49. The summed E-state index contributed by atoms with van der Waals surface area (Å²) in [5.41, 5.74) is 7.03. The first-order valence-electron chi connectivity index (χ1n) is 5.18. The van der Waals surface area contributed by atoms with Crippen molar-refractivity contribution < 1.29 is 8.42 Å². The highest BCUT2D eigenvalue weighted by Gasteiger charge is 2.19. The van der Waals surface area contributed by atoms with E-state index in [9.17, 15) is 8.42 Å². The van der Waals surface area contributed by atoms with Crippen LogP contribution in [-0.4, -0.2) is 25.0 Å². The van der Waals surface area contributed by atoms with Crippen molar-refractivity contribution in [2.24, 2.45) is 0 Å². The molecule has 0 fully saturated rings. The van der Waals surface area contributed by atoms with E-state index < -0.39 is 15.8 Å². The van der Waals surface area contributed by atoms with Crippen LogP contribution in [0.3, 0.4) is 0 Å². The molecule has 1 rings (SSSR count). The summed E-state index contributed by atoms with van der Waals surface area (Å²) in [4.78, 5) is 0. The van der Waals surface area contributed by atoms with Crippen molar-refractivity contribution in [3.8, 4) is 6.07 Å². The molecule has 0 aliphatic heterocycles. The number of nitrogens with two attached hydrogens (primary N) is 1. The van der Waals surface area contributed by atoms with Crippen LogP contribution in [0.2, 0.25) is 0 Å². The second kappa shape index (κ2) is 5.66. The Morgan fingerprint density at radius 1 is 1.35 bits per heavy atom. The van der Waals surface area contributed by atoms with E-state index >= 15 is 0 Å². The van der Waals surface area contributed by atoms with Gasteiger partial charge in [0.15, 0.2) is 5.75 Å². The molecule has 5 nitrogen and oxygen atoms in total. The van der Waals surface area contributed by atoms with Gasteiger partial charge in [-0.3, -0.25) is 0 Å². The van der Waals surface area contributed by atoms with Crippen molar-refractivity contribution in [3.63, 3.8) is 0 Å². The highest BCUT2D eigenvalue weighted by molar-refractivity contribution is 7.89. The zero-order valence-corrected chi connectivity index (χ0v) is 10.4. The Morgan fingerprint density at radius 2 is 1.94 bits per heavy atom. The van der Waals surface area contributed by atoms with Crippen LogP contribution in [-0.2, 0) is 16.6 Å². The zero-order valence-electron chi connectivity index (χ0n) is 9.63. The van der Waals surface area contributed by atoms with Crippen molar-refractivity contribution >= 4 is 15.7 Å². The van der Waals surface area contributed by atoms with Gasteiger partial charge in [-0.15, -0.1) is 0 Å². The van der Waals surface area contributed by atoms with Crippen LogP contribution in [0.25, 0.3) is 0 Å². The maximum absolute atomic E-state index is 11.7. The van der Waals surface area contributed by atoms with Crippen molar-refractivity contribution in [2.75, 3.05) is 18.0 Å². The summed E-state index contributed by atoms with van der Waals surface area (Å²) in [6.45, 7) is 2.35. The molecule has 1 aromatic carbocycles. The van der Waals surface area contributed by atoms with Gasteiger partial charge in [-0.05, 0) is 17.7 Å². The monoisotopic (exact) mass is 253 g/mol. The molecular formula is C11H15N3O2S. The number of rotatable bonds is 5. The van der Waals surface area contributed by atoms with Gasteiger partial charge in [-0.25, -0.2) is 8.42 Å². The summed E-state index contributed by atoms with van der Waals surface area (Å²) < 4.78 is 24.7. The SMILES string of the molecule is CCN(Cc1ccc(N)cc1)S(=O)(=O)CC#N. The van der Waals surface area contributed by atoms with Gasteiger partial charge in [0.1, 0.15) is 0 Å². The Labute approximate surface area is 102 Å². The molecule has 0 bridgehead atoms. The lowest BCUT2D eigenvalue weighted by Gasteiger charge is -2.18. The van der Waals surface area contributed by atoms with Gasteiger partial charge in [0.25, 0.3) is 0 Å². The summed E-state index contributed by atoms with van der Waals surface area (Å²) in [5, 5.41) is 8.48. The topological polar surface area (TPSA) is 87.2 Å². The van der Waals surface area contributed by atoms with Gasteiger partial charge in [-0.2, -0.15) is 9.57 Å². The number of nitriles is 1. The van der Waals surface area contributed by atoms with Crippen molar-refractivity contribution in [3.05, 3.63) is 29.8 Å². The van der Waals surface area contributed by atoms with E-state index in [1.807, 2.05) is 0 Å². The van der Waals surface area contributed by atoms with Gasteiger partial charge in [0.05, 0.1) is 6.07 Å². The van der Waals surface area contributed by atoms with Crippen molar-refractivity contribution in [1.82, 2.24) is 4.31 Å². The minimum Gasteiger partial charge on any atom is -0.399 e. The standard InChI is InChI=1S/C11H15N3O2S/c1-2-14(17(15,16)8-7-12)9-10-3-5-11(13)6-4-10/h3-6H,2,8-9,13H2,1H3. The molecule has 0 spiro atoms. The molecule has 2 N–H and O–H groups in total. The molecular weight excluding hydrogens is 238 g/mol. The molecule has 0 heterocycles. The zero-order chi connectivity index (χ0) is 12.9. The highest BCUT2D eigenvalue weighted by atomic mass is 32.2. The summed E-state index contributed by atoms with van der Waals surface area (Å²) >= 11 is 0. The number of benzene rings is 1. The van der Waals surface area contributed by atoms with E-state index in [0.29, 0.717) is 12.2 Å². The third kappa shape index (κ3) is 3.73. The second-order valence-corrected chi connectivity index (χ2v) is 5.55. The number of sulfonamides is 1. The maximum Gasteiger partial charge on any atom is 0.227 e. The number of nitrogens with zero attached hydrogens (tertiary/aromatic N) is 2. The molecule has 6 heteroatoms. The molecule has 0 radical (unpaired) electrons. The Kier molecular flexibility index (Phi) is 4.49. The lowest BCUT2D eigenvalue weighted by Crippen LogP contribution is -2.32. The van der Waals surface area contributed by atoms with Crippen LogP contribution in [0.5, 0.6) is 0 Å². The summed E-state index contributed by atoms with van der Waals surface area (Å²) in [5.74, 6) is -0.490. The highest BCUT2D eigenvalue weighted by Crippen LogP contribution is 2.11. The molecule has 0 aromatic heterocycles. The van der Waals surface area contributed by atoms with E-state index in [1.54, 1.807) is 37.3 Å². The Bertz CT molecular complexity index is 503. The molecule has 1 aromatic rings. The van der Waals surface area contributed by atoms with E-state index in [1.165, 1.54) is 4.31 Å². The van der Waals surface area contributed by atoms with Crippen molar-refractivity contribution in [1.29, 1.82) is 5.26 Å². The summed E-state index contributed by atoms with van der Waals surface area (Å²) in [7, 11) is -3.49. The fraction of sp³-hybridized carbons (Fsp3) is 0.364. The Hall–Kier alpha value is -1.58. The van der Waals surface area contributed by atoms with Gasteiger partial charge in [0.2, 0.25) is 10.0 Å². The summed E-state index contributed by atoms with van der Waals surface area (Å²) in [6.07, 6.45) is 0. The van der Waals surface area contributed by atoms with E-state index in [2.05, 4.69) is 0 Å². The first-order valence-corrected chi connectivity index (χ1v) is 6.79. The van der Waals surface area contributed by atoms with E-state index in [0.717, 1.165) is 5.56 Å². The van der Waals surface area contributed by atoms with E-state index in [4.69, 9.17) is 11.0 Å². The first-order chi connectivity index (χ1) is 7.99. The van der Waals surface area contributed by atoms with Gasteiger partial charge >= 0.3 is 0 Å². The second-order valence-electron chi connectivity index (χ2n) is 3.58. The lowest BCUT2D eigenvalue weighted by molar-refractivity contribution is 0.426. The van der Waals surface area contributed by atoms with E-state index in [-0.39, 0.29) is 6.54 Å². The normalized spacial score (nSPS) is 11.4. The molecule has 0 atom stereocenters. The van der Waals surface area contributed by atoms with Gasteiger partial charge in [-0.1, -0.05) is 19.1 Å².